The van der Waals surface area contributed by atoms with Crippen LogP contribution in [0.2, 0.25) is 0 Å². The van der Waals surface area contributed by atoms with E-state index in [2.05, 4.69) is 22.5 Å². The van der Waals surface area contributed by atoms with Gasteiger partial charge in [0.25, 0.3) is 5.56 Å². The zero-order valence-electron chi connectivity index (χ0n) is 14.1. The minimum atomic E-state index is -0.255. The van der Waals surface area contributed by atoms with Crippen LogP contribution in [0.1, 0.15) is 35.8 Å². The van der Waals surface area contributed by atoms with Crippen LogP contribution in [0, 0.1) is 6.92 Å². The van der Waals surface area contributed by atoms with Crippen molar-refractivity contribution in [2.24, 2.45) is 0 Å². The van der Waals surface area contributed by atoms with Gasteiger partial charge in [0, 0.05) is 6.20 Å². The zero-order valence-corrected chi connectivity index (χ0v) is 14.1. The zero-order chi connectivity index (χ0) is 17.4. The first-order valence-electron chi connectivity index (χ1n) is 8.55. The Kier molecular flexibility index (Phi) is 3.87. The molecule has 0 radical (unpaired) electrons. The Morgan fingerprint density at radius 2 is 2.12 bits per heavy atom. The van der Waals surface area contributed by atoms with Crippen molar-refractivity contribution in [1.82, 2.24) is 19.5 Å². The summed E-state index contributed by atoms with van der Waals surface area (Å²) < 4.78 is 2.98. The van der Waals surface area contributed by atoms with E-state index < -0.39 is 0 Å². The van der Waals surface area contributed by atoms with Gasteiger partial charge in [0.15, 0.2) is 0 Å². The normalized spacial score (nSPS) is 16.6. The van der Waals surface area contributed by atoms with Gasteiger partial charge < -0.3 is 5.32 Å². The molecule has 2 heterocycles. The van der Waals surface area contributed by atoms with Crippen LogP contribution in [0.3, 0.4) is 0 Å². The largest absolute Gasteiger partial charge is 0.348 e. The number of fused-ring (bicyclic) bond motifs is 2. The van der Waals surface area contributed by atoms with E-state index in [-0.39, 0.29) is 24.1 Å². The summed E-state index contributed by atoms with van der Waals surface area (Å²) in [6, 6.07) is 11.8. The lowest BCUT2D eigenvalue weighted by atomic mass is 9.88. The minimum absolute atomic E-state index is 0.00582. The maximum absolute atomic E-state index is 12.5. The van der Waals surface area contributed by atoms with Gasteiger partial charge in [0.05, 0.1) is 6.04 Å². The number of aryl methyl sites for hydroxylation is 2. The van der Waals surface area contributed by atoms with Crippen molar-refractivity contribution in [2.45, 2.75) is 38.8 Å². The van der Waals surface area contributed by atoms with E-state index in [1.54, 1.807) is 22.7 Å². The lowest BCUT2D eigenvalue weighted by molar-refractivity contribution is -0.122. The van der Waals surface area contributed by atoms with Crippen LogP contribution in [0.4, 0.5) is 0 Å². The highest BCUT2D eigenvalue weighted by molar-refractivity contribution is 5.76. The number of hydrogen-bond donors (Lipinski definition) is 1. The summed E-state index contributed by atoms with van der Waals surface area (Å²) in [5, 5.41) is 7.32. The average molecular weight is 336 g/mol. The molecule has 128 valence electrons. The number of nitrogens with one attached hydrogen (secondary N) is 1. The third kappa shape index (κ3) is 2.84. The van der Waals surface area contributed by atoms with Crippen LogP contribution in [0.15, 0.2) is 47.4 Å². The van der Waals surface area contributed by atoms with Gasteiger partial charge in [-0.1, -0.05) is 24.3 Å². The molecule has 1 aliphatic rings. The number of hydrogen-bond acceptors (Lipinski definition) is 3. The highest BCUT2D eigenvalue weighted by atomic mass is 16.2. The molecule has 1 unspecified atom stereocenters. The molecule has 1 aromatic carbocycles. The third-order valence-corrected chi connectivity index (χ3v) is 4.81. The molecule has 1 amide bonds. The molecule has 0 fully saturated rings. The number of aromatic nitrogens is 3. The summed E-state index contributed by atoms with van der Waals surface area (Å²) in [6.45, 7) is 1.75. The number of benzene rings is 1. The molecule has 1 aliphatic carbocycles. The van der Waals surface area contributed by atoms with Crippen molar-refractivity contribution in [3.05, 3.63) is 69.9 Å². The topological polar surface area (TPSA) is 68.4 Å². The fourth-order valence-electron chi connectivity index (χ4n) is 3.62. The number of amides is 1. The van der Waals surface area contributed by atoms with Crippen LogP contribution >= 0.6 is 0 Å². The Morgan fingerprint density at radius 3 is 3.00 bits per heavy atom. The molecule has 1 N–H and O–H groups in total. The Morgan fingerprint density at radius 1 is 1.28 bits per heavy atom. The first-order chi connectivity index (χ1) is 12.1. The number of carbonyl (C=O) groups excluding carboxylic acids is 1. The first kappa shape index (κ1) is 15.6. The van der Waals surface area contributed by atoms with E-state index in [1.165, 1.54) is 15.8 Å². The van der Waals surface area contributed by atoms with Crippen molar-refractivity contribution < 1.29 is 4.79 Å². The number of carbonyl (C=O) groups is 1. The van der Waals surface area contributed by atoms with Crippen molar-refractivity contribution in [2.75, 3.05) is 0 Å². The van der Waals surface area contributed by atoms with E-state index in [4.69, 9.17) is 0 Å². The fraction of sp³-hybridized carbons (Fsp3) is 0.316. The summed E-state index contributed by atoms with van der Waals surface area (Å²) >= 11 is 0. The third-order valence-electron chi connectivity index (χ3n) is 4.81. The average Bonchev–Trinajstić information content (AvgIpc) is 3.10. The predicted octanol–water partition coefficient (Wildman–Crippen LogP) is 2.00. The van der Waals surface area contributed by atoms with E-state index in [0.717, 1.165) is 19.3 Å². The molecule has 4 rings (SSSR count). The molecule has 0 spiro atoms. The molecule has 3 aromatic rings. The van der Waals surface area contributed by atoms with Gasteiger partial charge in [0.1, 0.15) is 17.9 Å². The second-order valence-corrected chi connectivity index (χ2v) is 6.48. The monoisotopic (exact) mass is 336 g/mol. The molecule has 2 aromatic heterocycles. The molecule has 0 bridgehead atoms. The maximum atomic E-state index is 12.5. The van der Waals surface area contributed by atoms with Gasteiger partial charge in [-0.05, 0) is 49.4 Å². The smallest absolute Gasteiger partial charge is 0.291 e. The molecule has 25 heavy (non-hydrogen) atoms. The van der Waals surface area contributed by atoms with Gasteiger partial charge in [-0.25, -0.2) is 4.68 Å². The lowest BCUT2D eigenvalue weighted by Crippen LogP contribution is -2.37. The Hall–Kier alpha value is -2.89. The van der Waals surface area contributed by atoms with Crippen molar-refractivity contribution in [3.8, 4) is 0 Å². The van der Waals surface area contributed by atoms with Crippen molar-refractivity contribution in [3.63, 3.8) is 0 Å². The maximum Gasteiger partial charge on any atom is 0.291 e. The Bertz CT molecular complexity index is 1000. The van der Waals surface area contributed by atoms with Crippen LogP contribution in [0.5, 0.6) is 0 Å². The standard InChI is InChI=1S/C19H20N4O2/c1-13-21-23(19(25)17-10-5-11-22(13)17)12-18(24)20-16-9-4-7-14-6-2-3-8-15(14)16/h2-3,5-6,8,10-11,16H,4,7,9,12H2,1H3,(H,20,24). The van der Waals surface area contributed by atoms with Gasteiger partial charge in [-0.3, -0.25) is 14.0 Å². The molecule has 0 saturated carbocycles. The van der Waals surface area contributed by atoms with Gasteiger partial charge in [-0.2, -0.15) is 5.10 Å². The molecule has 1 atom stereocenters. The van der Waals surface area contributed by atoms with Gasteiger partial charge in [-0.15, -0.1) is 0 Å². The summed E-state index contributed by atoms with van der Waals surface area (Å²) in [7, 11) is 0. The van der Waals surface area contributed by atoms with E-state index >= 15 is 0 Å². The van der Waals surface area contributed by atoms with Gasteiger partial charge in [0.2, 0.25) is 5.91 Å². The van der Waals surface area contributed by atoms with Crippen LogP contribution in [-0.2, 0) is 17.8 Å². The van der Waals surface area contributed by atoms with Crippen molar-refractivity contribution >= 4 is 11.4 Å². The lowest BCUT2D eigenvalue weighted by Gasteiger charge is -2.26. The quantitative estimate of drug-likeness (QED) is 0.795. The van der Waals surface area contributed by atoms with E-state index in [9.17, 15) is 9.59 Å². The molecular weight excluding hydrogens is 316 g/mol. The molecule has 0 aliphatic heterocycles. The van der Waals surface area contributed by atoms with E-state index in [0.29, 0.717) is 11.3 Å². The SMILES string of the molecule is Cc1nn(CC(=O)NC2CCCc3ccccc32)c(=O)c2cccn12. The molecule has 6 nitrogen and oxygen atoms in total. The minimum Gasteiger partial charge on any atom is -0.348 e. The van der Waals surface area contributed by atoms with Gasteiger partial charge >= 0.3 is 0 Å². The second-order valence-electron chi connectivity index (χ2n) is 6.48. The highest BCUT2D eigenvalue weighted by Crippen LogP contribution is 2.29. The summed E-state index contributed by atoms with van der Waals surface area (Å²) in [5.41, 5.74) is 2.75. The van der Waals surface area contributed by atoms with Crippen LogP contribution < -0.4 is 10.9 Å². The fourth-order valence-corrected chi connectivity index (χ4v) is 3.62. The first-order valence-corrected chi connectivity index (χ1v) is 8.55. The number of nitrogens with zero attached hydrogens (tertiary/aromatic N) is 3. The summed E-state index contributed by atoms with van der Waals surface area (Å²) in [6.07, 6.45) is 4.81. The molecule has 6 heteroatoms. The molecular formula is C19H20N4O2. The Balaban J connectivity index is 1.56. The van der Waals surface area contributed by atoms with Crippen LogP contribution in [-0.4, -0.2) is 20.1 Å². The Labute approximate surface area is 145 Å². The second kappa shape index (κ2) is 6.20. The highest BCUT2D eigenvalue weighted by Gasteiger charge is 2.22. The predicted molar refractivity (Wildman–Crippen MR) is 94.5 cm³/mol. The summed E-state index contributed by atoms with van der Waals surface area (Å²) in [4.78, 5) is 25.0. The van der Waals surface area contributed by atoms with Crippen LogP contribution in [0.25, 0.3) is 5.52 Å². The number of rotatable bonds is 3. The van der Waals surface area contributed by atoms with E-state index in [1.807, 2.05) is 19.1 Å². The van der Waals surface area contributed by atoms with Crippen molar-refractivity contribution in [1.29, 1.82) is 0 Å². The molecule has 0 saturated heterocycles. The summed E-state index contributed by atoms with van der Waals surface area (Å²) in [5.74, 6) is 0.488.